The first kappa shape index (κ1) is 16.2. The molecular formula is C17H22F2N2O2. The molecule has 1 amide bonds. The second kappa shape index (κ2) is 7.25. The fourth-order valence-electron chi connectivity index (χ4n) is 3.50. The lowest BCUT2D eigenvalue weighted by Gasteiger charge is -2.28. The predicted octanol–water partition coefficient (Wildman–Crippen LogP) is 2.99. The van der Waals surface area contributed by atoms with E-state index < -0.39 is 6.61 Å². The molecule has 0 unspecified atom stereocenters. The highest BCUT2D eigenvalue weighted by Gasteiger charge is 2.31. The lowest BCUT2D eigenvalue weighted by Crippen LogP contribution is -2.42. The number of rotatable bonds is 5. The molecule has 2 saturated heterocycles. The maximum atomic E-state index is 12.7. The van der Waals surface area contributed by atoms with Crippen molar-refractivity contribution in [2.75, 3.05) is 26.2 Å². The Morgan fingerprint density at radius 2 is 1.83 bits per heavy atom. The summed E-state index contributed by atoms with van der Waals surface area (Å²) in [6.45, 7) is 1.11. The third-order valence-corrected chi connectivity index (χ3v) is 4.63. The number of benzene rings is 1. The van der Waals surface area contributed by atoms with Crippen molar-refractivity contribution < 1.29 is 18.3 Å². The number of carbonyl (C=O) groups excluding carboxylic acids is 1. The second-order valence-corrected chi connectivity index (χ2v) is 6.21. The molecule has 3 rings (SSSR count). The smallest absolute Gasteiger partial charge is 0.387 e. The van der Waals surface area contributed by atoms with Crippen LogP contribution in [-0.4, -0.2) is 54.5 Å². The first-order chi connectivity index (χ1) is 11.1. The molecule has 0 N–H and O–H groups in total. The number of likely N-dealkylation sites (tertiary alicyclic amines) is 2. The van der Waals surface area contributed by atoms with E-state index in [0.29, 0.717) is 5.56 Å². The average molecular weight is 324 g/mol. The van der Waals surface area contributed by atoms with Gasteiger partial charge in [-0.15, -0.1) is 0 Å². The molecule has 1 atom stereocenters. The van der Waals surface area contributed by atoms with Gasteiger partial charge in [0.15, 0.2) is 0 Å². The van der Waals surface area contributed by atoms with Crippen LogP contribution in [0.4, 0.5) is 8.78 Å². The zero-order valence-corrected chi connectivity index (χ0v) is 13.1. The number of carbonyl (C=O) groups is 1. The van der Waals surface area contributed by atoms with E-state index >= 15 is 0 Å². The minimum Gasteiger partial charge on any atom is -0.435 e. The first-order valence-electron chi connectivity index (χ1n) is 8.21. The van der Waals surface area contributed by atoms with Gasteiger partial charge in [-0.2, -0.15) is 8.78 Å². The van der Waals surface area contributed by atoms with Crippen LogP contribution in [0, 0.1) is 0 Å². The third-order valence-electron chi connectivity index (χ3n) is 4.63. The van der Waals surface area contributed by atoms with E-state index in [9.17, 15) is 13.6 Å². The van der Waals surface area contributed by atoms with E-state index in [4.69, 9.17) is 0 Å². The van der Waals surface area contributed by atoms with Gasteiger partial charge < -0.3 is 14.5 Å². The molecule has 0 radical (unpaired) electrons. The molecule has 6 heteroatoms. The summed E-state index contributed by atoms with van der Waals surface area (Å²) in [6, 6.07) is 6.23. The highest BCUT2D eigenvalue weighted by Crippen LogP contribution is 2.23. The minimum absolute atomic E-state index is 0.0182. The molecular weight excluding hydrogens is 302 g/mol. The summed E-state index contributed by atoms with van der Waals surface area (Å²) in [5.41, 5.74) is 0.528. The van der Waals surface area contributed by atoms with Crippen molar-refractivity contribution in [1.82, 2.24) is 9.80 Å². The highest BCUT2D eigenvalue weighted by molar-refractivity contribution is 5.94. The predicted molar refractivity (Wildman–Crippen MR) is 82.8 cm³/mol. The minimum atomic E-state index is -2.85. The van der Waals surface area contributed by atoms with Crippen molar-refractivity contribution in [2.24, 2.45) is 0 Å². The molecule has 1 aromatic rings. The van der Waals surface area contributed by atoms with E-state index in [-0.39, 0.29) is 17.7 Å². The summed E-state index contributed by atoms with van der Waals surface area (Å²) < 4.78 is 28.7. The van der Waals surface area contributed by atoms with Crippen LogP contribution in [0.2, 0.25) is 0 Å². The van der Waals surface area contributed by atoms with Crippen LogP contribution in [0.15, 0.2) is 24.3 Å². The van der Waals surface area contributed by atoms with Crippen molar-refractivity contribution in [3.05, 3.63) is 29.8 Å². The van der Waals surface area contributed by atoms with Gasteiger partial charge in [0.25, 0.3) is 5.91 Å². The summed E-state index contributed by atoms with van der Waals surface area (Å²) in [6.07, 6.45) is 4.55. The van der Waals surface area contributed by atoms with E-state index in [1.807, 2.05) is 4.90 Å². The molecule has 2 heterocycles. The maximum Gasteiger partial charge on any atom is 0.387 e. The van der Waals surface area contributed by atoms with Crippen LogP contribution < -0.4 is 4.74 Å². The zero-order valence-electron chi connectivity index (χ0n) is 13.1. The van der Waals surface area contributed by atoms with Crippen LogP contribution in [0.3, 0.4) is 0 Å². The Balaban J connectivity index is 1.63. The largest absolute Gasteiger partial charge is 0.435 e. The van der Waals surface area contributed by atoms with Crippen LogP contribution in [-0.2, 0) is 0 Å². The van der Waals surface area contributed by atoms with Gasteiger partial charge in [0.05, 0.1) is 0 Å². The Morgan fingerprint density at radius 1 is 1.13 bits per heavy atom. The van der Waals surface area contributed by atoms with E-state index in [1.165, 1.54) is 25.0 Å². The van der Waals surface area contributed by atoms with Gasteiger partial charge in [0.2, 0.25) is 0 Å². The molecule has 4 nitrogen and oxygen atoms in total. The first-order valence-corrected chi connectivity index (χ1v) is 8.21. The third kappa shape index (κ3) is 3.99. The molecule has 0 aromatic heterocycles. The normalized spacial score (nSPS) is 22.0. The molecule has 0 saturated carbocycles. The van der Waals surface area contributed by atoms with Gasteiger partial charge in [0, 0.05) is 24.7 Å². The number of amides is 1. The molecule has 0 spiro atoms. The van der Waals surface area contributed by atoms with Crippen molar-refractivity contribution in [1.29, 1.82) is 0 Å². The van der Waals surface area contributed by atoms with Crippen molar-refractivity contribution in [3.8, 4) is 5.75 Å². The van der Waals surface area contributed by atoms with Crippen molar-refractivity contribution in [3.63, 3.8) is 0 Å². The van der Waals surface area contributed by atoms with Gasteiger partial charge in [-0.05, 0) is 63.0 Å². The van der Waals surface area contributed by atoms with Crippen LogP contribution in [0.25, 0.3) is 0 Å². The number of hydrogen-bond acceptors (Lipinski definition) is 3. The summed E-state index contributed by atoms with van der Waals surface area (Å²) in [7, 11) is 0. The zero-order chi connectivity index (χ0) is 16.2. The molecule has 2 aliphatic rings. The van der Waals surface area contributed by atoms with Crippen LogP contribution >= 0.6 is 0 Å². The number of hydrogen-bond donors (Lipinski definition) is 0. The summed E-state index contributed by atoms with van der Waals surface area (Å²) in [4.78, 5) is 17.0. The fraction of sp³-hybridized carbons (Fsp3) is 0.588. The number of nitrogens with zero attached hydrogens (tertiary/aromatic N) is 2. The molecule has 1 aromatic carbocycles. The Bertz CT molecular complexity index is 530. The molecule has 23 heavy (non-hydrogen) atoms. The number of alkyl halides is 2. The lowest BCUT2D eigenvalue weighted by molar-refractivity contribution is -0.0498. The lowest BCUT2D eigenvalue weighted by atomic mass is 10.1. The SMILES string of the molecule is O=C(c1ccc(OC(F)F)cc1)N1CCC[C@H]1CN1CCCC1. The van der Waals surface area contributed by atoms with Crippen LogP contribution in [0.5, 0.6) is 5.75 Å². The number of halogens is 2. The van der Waals surface area contributed by atoms with Gasteiger partial charge in [-0.25, -0.2) is 0 Å². The molecule has 126 valence electrons. The van der Waals surface area contributed by atoms with Gasteiger partial charge in [-0.3, -0.25) is 4.79 Å². The topological polar surface area (TPSA) is 32.8 Å². The molecule has 0 bridgehead atoms. The molecule has 0 aliphatic carbocycles. The Labute approximate surface area is 135 Å². The maximum absolute atomic E-state index is 12.7. The van der Waals surface area contributed by atoms with E-state index in [1.54, 1.807) is 12.1 Å². The van der Waals surface area contributed by atoms with Crippen LogP contribution in [0.1, 0.15) is 36.0 Å². The Kier molecular flexibility index (Phi) is 5.10. The van der Waals surface area contributed by atoms with E-state index in [0.717, 1.165) is 39.0 Å². The molecule has 2 aliphatic heterocycles. The Hall–Kier alpha value is -1.69. The molecule has 2 fully saturated rings. The average Bonchev–Trinajstić information content (AvgIpc) is 3.19. The van der Waals surface area contributed by atoms with Gasteiger partial charge in [-0.1, -0.05) is 0 Å². The standard InChI is InChI=1S/C17H22F2N2O2/c18-17(19)23-15-7-5-13(6-8-15)16(22)21-11-3-4-14(21)12-20-9-1-2-10-20/h5-8,14,17H,1-4,9-12H2/t14-/m0/s1. The summed E-state index contributed by atoms with van der Waals surface area (Å²) >= 11 is 0. The summed E-state index contributed by atoms with van der Waals surface area (Å²) in [5.74, 6) is 0.0573. The highest BCUT2D eigenvalue weighted by atomic mass is 19.3. The summed E-state index contributed by atoms with van der Waals surface area (Å²) in [5, 5.41) is 0. The van der Waals surface area contributed by atoms with Gasteiger partial charge >= 0.3 is 6.61 Å². The fourth-order valence-corrected chi connectivity index (χ4v) is 3.50. The Morgan fingerprint density at radius 3 is 2.48 bits per heavy atom. The number of ether oxygens (including phenoxy) is 1. The monoisotopic (exact) mass is 324 g/mol. The van der Waals surface area contributed by atoms with Crippen molar-refractivity contribution >= 4 is 5.91 Å². The quantitative estimate of drug-likeness (QED) is 0.835. The second-order valence-electron chi connectivity index (χ2n) is 6.21. The van der Waals surface area contributed by atoms with E-state index in [2.05, 4.69) is 9.64 Å². The van der Waals surface area contributed by atoms with Gasteiger partial charge in [0.1, 0.15) is 5.75 Å². The van der Waals surface area contributed by atoms with Crippen molar-refractivity contribution in [2.45, 2.75) is 38.3 Å².